The van der Waals surface area contributed by atoms with Crippen LogP contribution >= 0.6 is 11.8 Å². The first-order valence-corrected chi connectivity index (χ1v) is 7.92. The maximum atomic E-state index is 12.4. The number of amides is 1. The van der Waals surface area contributed by atoms with Gasteiger partial charge in [0.2, 0.25) is 5.91 Å². The number of nitrogens with one attached hydrogen (secondary N) is 1. The van der Waals surface area contributed by atoms with Crippen LogP contribution in [0.15, 0.2) is 29.2 Å². The number of carbonyl (C=O) groups excluding carboxylic acids is 1. The van der Waals surface area contributed by atoms with Crippen molar-refractivity contribution in [2.24, 2.45) is 7.05 Å². The van der Waals surface area contributed by atoms with Gasteiger partial charge in [0.25, 0.3) is 0 Å². The first kappa shape index (κ1) is 16.4. The van der Waals surface area contributed by atoms with Gasteiger partial charge in [0, 0.05) is 7.05 Å². The molecule has 0 aliphatic heterocycles. The van der Waals surface area contributed by atoms with Gasteiger partial charge < -0.3 is 10.1 Å². The molecule has 0 radical (unpaired) electrons. The lowest BCUT2D eigenvalue weighted by Crippen LogP contribution is -2.23. The highest BCUT2D eigenvalue weighted by Crippen LogP contribution is 2.32. The summed E-state index contributed by atoms with van der Waals surface area (Å²) in [4.78, 5) is 13.4. The van der Waals surface area contributed by atoms with Gasteiger partial charge in [0.05, 0.1) is 34.3 Å². The summed E-state index contributed by atoms with van der Waals surface area (Å²) < 4.78 is 7.09. The van der Waals surface area contributed by atoms with E-state index in [0.29, 0.717) is 0 Å². The smallest absolute Gasteiger partial charge is 0.237 e. The Morgan fingerprint density at radius 3 is 2.64 bits per heavy atom. The number of aryl methyl sites for hydroxylation is 2. The molecule has 0 aliphatic rings. The SMILES string of the molecule is COc1ccccc1SC(C)C(=O)Nc1c(C)nn(C)c1C. The molecule has 0 fully saturated rings. The number of benzene rings is 1. The molecule has 118 valence electrons. The molecule has 22 heavy (non-hydrogen) atoms. The highest BCUT2D eigenvalue weighted by atomic mass is 32.2. The predicted molar refractivity (Wildman–Crippen MR) is 89.6 cm³/mol. The van der Waals surface area contributed by atoms with E-state index in [0.717, 1.165) is 27.7 Å². The van der Waals surface area contributed by atoms with Gasteiger partial charge in [-0.3, -0.25) is 9.48 Å². The Labute approximate surface area is 135 Å². The molecule has 6 heteroatoms. The normalized spacial score (nSPS) is 12.0. The maximum Gasteiger partial charge on any atom is 0.237 e. The molecule has 1 aromatic heterocycles. The number of thioether (sulfide) groups is 1. The van der Waals surface area contributed by atoms with Crippen LogP contribution in [-0.4, -0.2) is 28.0 Å². The average Bonchev–Trinajstić information content (AvgIpc) is 2.74. The second kappa shape index (κ2) is 6.87. The summed E-state index contributed by atoms with van der Waals surface area (Å²) in [5.41, 5.74) is 2.56. The van der Waals surface area contributed by atoms with Crippen molar-refractivity contribution in [3.05, 3.63) is 35.7 Å². The van der Waals surface area contributed by atoms with Gasteiger partial charge in [0.15, 0.2) is 0 Å². The Bertz CT molecular complexity index is 682. The molecule has 1 heterocycles. The van der Waals surface area contributed by atoms with Gasteiger partial charge in [-0.25, -0.2) is 0 Å². The van der Waals surface area contributed by atoms with Crippen molar-refractivity contribution in [1.29, 1.82) is 0 Å². The largest absolute Gasteiger partial charge is 0.496 e. The molecule has 0 saturated carbocycles. The van der Waals surface area contributed by atoms with Crippen LogP contribution in [0.2, 0.25) is 0 Å². The first-order valence-electron chi connectivity index (χ1n) is 7.04. The van der Waals surface area contributed by atoms with Crippen molar-refractivity contribution in [1.82, 2.24) is 9.78 Å². The molecule has 0 aliphatic carbocycles. The van der Waals surface area contributed by atoms with Crippen molar-refractivity contribution in [2.75, 3.05) is 12.4 Å². The monoisotopic (exact) mass is 319 g/mol. The molecule has 0 bridgehead atoms. The van der Waals surface area contributed by atoms with E-state index in [2.05, 4.69) is 10.4 Å². The van der Waals surface area contributed by atoms with Gasteiger partial charge in [-0.2, -0.15) is 5.10 Å². The second-order valence-electron chi connectivity index (χ2n) is 5.07. The highest BCUT2D eigenvalue weighted by Gasteiger charge is 2.19. The van der Waals surface area contributed by atoms with Crippen molar-refractivity contribution in [3.63, 3.8) is 0 Å². The Kier molecular flexibility index (Phi) is 5.13. The van der Waals surface area contributed by atoms with Gasteiger partial charge >= 0.3 is 0 Å². The number of hydrogen-bond acceptors (Lipinski definition) is 4. The minimum absolute atomic E-state index is 0.0462. The summed E-state index contributed by atoms with van der Waals surface area (Å²) in [5.74, 6) is 0.732. The third-order valence-electron chi connectivity index (χ3n) is 3.50. The van der Waals surface area contributed by atoms with E-state index in [1.807, 2.05) is 52.1 Å². The molecule has 2 rings (SSSR count). The van der Waals surface area contributed by atoms with E-state index in [1.54, 1.807) is 11.8 Å². The molecule has 1 aromatic carbocycles. The zero-order chi connectivity index (χ0) is 16.3. The van der Waals surface area contributed by atoms with Crippen LogP contribution in [0.3, 0.4) is 0 Å². The Balaban J connectivity index is 2.09. The first-order chi connectivity index (χ1) is 10.4. The zero-order valence-corrected chi connectivity index (χ0v) is 14.3. The van der Waals surface area contributed by atoms with Crippen LogP contribution in [0.25, 0.3) is 0 Å². The van der Waals surface area contributed by atoms with Gasteiger partial charge in [-0.05, 0) is 32.9 Å². The fraction of sp³-hybridized carbons (Fsp3) is 0.375. The minimum Gasteiger partial charge on any atom is -0.496 e. The molecule has 0 spiro atoms. The summed E-state index contributed by atoms with van der Waals surface area (Å²) in [5, 5.41) is 7.04. The molecule has 5 nitrogen and oxygen atoms in total. The van der Waals surface area contributed by atoms with E-state index in [-0.39, 0.29) is 11.2 Å². The Hall–Kier alpha value is -1.95. The van der Waals surface area contributed by atoms with Crippen LogP contribution in [0.4, 0.5) is 5.69 Å². The van der Waals surface area contributed by atoms with Crippen molar-refractivity contribution in [2.45, 2.75) is 30.9 Å². The maximum absolute atomic E-state index is 12.4. The topological polar surface area (TPSA) is 56.1 Å². The second-order valence-corrected chi connectivity index (χ2v) is 6.45. The minimum atomic E-state index is -0.240. The third-order valence-corrected chi connectivity index (χ3v) is 4.66. The average molecular weight is 319 g/mol. The fourth-order valence-corrected chi connectivity index (χ4v) is 3.11. The molecule has 1 atom stereocenters. The Morgan fingerprint density at radius 1 is 1.36 bits per heavy atom. The summed E-state index contributed by atoms with van der Waals surface area (Å²) in [6.07, 6.45) is 0. The number of carbonyl (C=O) groups is 1. The van der Waals surface area contributed by atoms with E-state index < -0.39 is 0 Å². The van der Waals surface area contributed by atoms with Crippen LogP contribution in [0, 0.1) is 13.8 Å². The van der Waals surface area contributed by atoms with Crippen molar-refractivity contribution in [3.8, 4) is 5.75 Å². The fourth-order valence-electron chi connectivity index (χ4n) is 2.14. The molecule has 2 aromatic rings. The number of methoxy groups -OCH3 is 1. The number of anilines is 1. The number of hydrogen-bond donors (Lipinski definition) is 1. The molecular formula is C16H21N3O2S. The summed E-state index contributed by atoms with van der Waals surface area (Å²) in [6.45, 7) is 5.71. The number of aromatic nitrogens is 2. The van der Waals surface area contributed by atoms with E-state index in [4.69, 9.17) is 4.74 Å². The summed E-state index contributed by atoms with van der Waals surface area (Å²) in [6, 6.07) is 7.69. The number of nitrogens with zero attached hydrogens (tertiary/aromatic N) is 2. The molecular weight excluding hydrogens is 298 g/mol. The predicted octanol–water partition coefficient (Wildman–Crippen LogP) is 3.16. The summed E-state index contributed by atoms with van der Waals surface area (Å²) in [7, 11) is 3.50. The lowest BCUT2D eigenvalue weighted by molar-refractivity contribution is -0.115. The van der Waals surface area contributed by atoms with Crippen LogP contribution in [0.1, 0.15) is 18.3 Å². The van der Waals surface area contributed by atoms with E-state index in [9.17, 15) is 4.79 Å². The third kappa shape index (κ3) is 3.44. The van der Waals surface area contributed by atoms with Gasteiger partial charge in [0.1, 0.15) is 5.75 Å². The van der Waals surface area contributed by atoms with Crippen LogP contribution < -0.4 is 10.1 Å². The molecule has 1 N–H and O–H groups in total. The van der Waals surface area contributed by atoms with E-state index in [1.165, 1.54) is 11.8 Å². The number of para-hydroxylation sites is 1. The summed E-state index contributed by atoms with van der Waals surface area (Å²) >= 11 is 1.48. The number of rotatable bonds is 5. The highest BCUT2D eigenvalue weighted by molar-refractivity contribution is 8.00. The van der Waals surface area contributed by atoms with E-state index >= 15 is 0 Å². The molecule has 1 amide bonds. The van der Waals surface area contributed by atoms with Gasteiger partial charge in [-0.15, -0.1) is 11.8 Å². The van der Waals surface area contributed by atoms with Crippen LogP contribution in [0.5, 0.6) is 5.75 Å². The zero-order valence-electron chi connectivity index (χ0n) is 13.5. The standard InChI is InChI=1S/C16H21N3O2S/c1-10-15(11(2)19(4)18-10)17-16(20)12(3)22-14-9-7-6-8-13(14)21-5/h6-9,12H,1-5H3,(H,17,20). The van der Waals surface area contributed by atoms with Gasteiger partial charge in [-0.1, -0.05) is 12.1 Å². The van der Waals surface area contributed by atoms with Crippen molar-refractivity contribution >= 4 is 23.4 Å². The molecule has 1 unspecified atom stereocenters. The quantitative estimate of drug-likeness (QED) is 0.860. The lowest BCUT2D eigenvalue weighted by atomic mass is 10.3. The molecule has 0 saturated heterocycles. The lowest BCUT2D eigenvalue weighted by Gasteiger charge is -2.14. The Morgan fingerprint density at radius 2 is 2.05 bits per heavy atom. The number of ether oxygens (including phenoxy) is 1. The van der Waals surface area contributed by atoms with Crippen molar-refractivity contribution < 1.29 is 9.53 Å². The van der Waals surface area contributed by atoms with Crippen LogP contribution in [-0.2, 0) is 11.8 Å².